The molecule has 118 valence electrons. The smallest absolute Gasteiger partial charge is 0.322 e. The number of ether oxygens (including phenoxy) is 1. The third-order valence-corrected chi connectivity index (χ3v) is 5.24. The van der Waals surface area contributed by atoms with Gasteiger partial charge in [-0.3, -0.25) is 4.79 Å². The number of hydrogen-bond acceptors (Lipinski definition) is 5. The summed E-state index contributed by atoms with van der Waals surface area (Å²) in [4.78, 5) is 11.4. The van der Waals surface area contributed by atoms with Crippen molar-refractivity contribution in [3.63, 3.8) is 0 Å². The number of nitrogens with one attached hydrogen (secondary N) is 1. The van der Waals surface area contributed by atoms with E-state index in [-0.39, 0.29) is 18.7 Å². The maximum Gasteiger partial charge on any atom is 0.322 e. The number of nitrogens with zero attached hydrogens (tertiary/aromatic N) is 1. The van der Waals surface area contributed by atoms with Crippen LogP contribution in [-0.2, 0) is 19.6 Å². The quantitative estimate of drug-likeness (QED) is 0.702. The first kappa shape index (κ1) is 17.4. The lowest BCUT2D eigenvalue weighted by Crippen LogP contribution is -2.49. The van der Waals surface area contributed by atoms with Gasteiger partial charge in [-0.15, -0.1) is 0 Å². The van der Waals surface area contributed by atoms with Crippen molar-refractivity contribution in [3.05, 3.63) is 0 Å². The minimum Gasteiger partial charge on any atom is -0.465 e. The summed E-state index contributed by atoms with van der Waals surface area (Å²) in [5.74, 6) is -1.26. The second kappa shape index (κ2) is 7.95. The van der Waals surface area contributed by atoms with Crippen LogP contribution in [0.4, 0.5) is 0 Å². The summed E-state index contributed by atoms with van der Waals surface area (Å²) in [5.41, 5.74) is 0. The zero-order valence-corrected chi connectivity index (χ0v) is 13.4. The maximum absolute atomic E-state index is 12.3. The molecule has 0 amide bonds. The van der Waals surface area contributed by atoms with Crippen LogP contribution < -0.4 is 5.32 Å². The lowest BCUT2D eigenvalue weighted by Gasteiger charge is -2.32. The summed E-state index contributed by atoms with van der Waals surface area (Å²) in [6.07, 6.45) is 3.22. The molecule has 1 fully saturated rings. The van der Waals surface area contributed by atoms with E-state index in [1.807, 2.05) is 13.8 Å². The molecular weight excluding hydrogens is 280 g/mol. The minimum atomic E-state index is -3.62. The molecule has 0 aromatic rings. The molecule has 1 atom stereocenters. The van der Waals surface area contributed by atoms with Gasteiger partial charge in [0.2, 0.25) is 10.0 Å². The number of rotatable bonds is 7. The van der Waals surface area contributed by atoms with E-state index in [0.717, 1.165) is 25.8 Å². The number of piperidine rings is 1. The first-order chi connectivity index (χ1) is 9.36. The molecule has 0 aromatic heterocycles. The molecule has 1 unspecified atom stereocenters. The Hall–Kier alpha value is -0.660. The van der Waals surface area contributed by atoms with Crippen molar-refractivity contribution in [2.24, 2.45) is 0 Å². The summed E-state index contributed by atoms with van der Waals surface area (Å²) in [5, 5.41) is 3.33. The molecule has 0 radical (unpaired) electrons. The maximum atomic E-state index is 12.3. The molecule has 0 saturated carbocycles. The highest BCUT2D eigenvalue weighted by Gasteiger charge is 2.30. The molecule has 1 aliphatic rings. The van der Waals surface area contributed by atoms with Crippen LogP contribution in [0, 0.1) is 0 Å². The van der Waals surface area contributed by atoms with Gasteiger partial charge in [0.05, 0.1) is 6.61 Å². The van der Waals surface area contributed by atoms with Gasteiger partial charge in [0.1, 0.15) is 0 Å². The van der Waals surface area contributed by atoms with Gasteiger partial charge in [0.15, 0.2) is 5.75 Å². The fourth-order valence-electron chi connectivity index (χ4n) is 2.38. The number of sulfonamides is 1. The van der Waals surface area contributed by atoms with Gasteiger partial charge in [0, 0.05) is 18.6 Å². The molecular formula is C13H26N2O4S. The minimum absolute atomic E-state index is 0.168. The van der Waals surface area contributed by atoms with Crippen molar-refractivity contribution in [1.29, 1.82) is 0 Å². The number of carbonyl (C=O) groups is 1. The molecule has 0 spiro atoms. The molecule has 1 heterocycles. The van der Waals surface area contributed by atoms with Gasteiger partial charge in [-0.1, -0.05) is 6.42 Å². The van der Waals surface area contributed by atoms with Crippen LogP contribution >= 0.6 is 0 Å². The van der Waals surface area contributed by atoms with Crippen molar-refractivity contribution in [2.75, 3.05) is 25.4 Å². The molecule has 1 aliphatic heterocycles. The fraction of sp³-hybridized carbons (Fsp3) is 0.923. The van der Waals surface area contributed by atoms with Crippen molar-refractivity contribution in [1.82, 2.24) is 9.62 Å². The monoisotopic (exact) mass is 306 g/mol. The Morgan fingerprint density at radius 2 is 2.10 bits per heavy atom. The van der Waals surface area contributed by atoms with Gasteiger partial charge in [-0.2, -0.15) is 4.31 Å². The van der Waals surface area contributed by atoms with E-state index in [0.29, 0.717) is 6.54 Å². The van der Waals surface area contributed by atoms with E-state index in [2.05, 4.69) is 5.32 Å². The van der Waals surface area contributed by atoms with Crippen molar-refractivity contribution in [3.8, 4) is 0 Å². The van der Waals surface area contributed by atoms with Crippen LogP contribution in [0.25, 0.3) is 0 Å². The van der Waals surface area contributed by atoms with Gasteiger partial charge >= 0.3 is 5.97 Å². The lowest BCUT2D eigenvalue weighted by atomic mass is 10.1. The summed E-state index contributed by atoms with van der Waals surface area (Å²) in [7, 11) is -3.62. The molecule has 1 N–H and O–H groups in total. The number of esters is 1. The van der Waals surface area contributed by atoms with Crippen LogP contribution in [0.15, 0.2) is 0 Å². The first-order valence-electron chi connectivity index (χ1n) is 7.25. The van der Waals surface area contributed by atoms with Gasteiger partial charge < -0.3 is 10.1 Å². The first-order valence-corrected chi connectivity index (χ1v) is 8.86. The highest BCUT2D eigenvalue weighted by molar-refractivity contribution is 7.89. The third kappa shape index (κ3) is 5.38. The van der Waals surface area contributed by atoms with E-state index in [4.69, 9.17) is 4.74 Å². The molecule has 1 rings (SSSR count). The Labute approximate surface area is 121 Å². The number of hydrogen-bond donors (Lipinski definition) is 1. The average Bonchev–Trinajstić information content (AvgIpc) is 2.36. The normalized spacial score (nSPS) is 20.4. The van der Waals surface area contributed by atoms with Crippen LogP contribution in [0.1, 0.15) is 40.0 Å². The van der Waals surface area contributed by atoms with Gasteiger partial charge in [-0.25, -0.2) is 8.42 Å². The lowest BCUT2D eigenvalue weighted by molar-refractivity contribution is -0.140. The number of carbonyl (C=O) groups excluding carboxylic acids is 1. The van der Waals surface area contributed by atoms with Crippen LogP contribution in [-0.4, -0.2) is 56.2 Å². The Bertz CT molecular complexity index is 403. The Morgan fingerprint density at radius 3 is 2.60 bits per heavy atom. The standard InChI is InChI=1S/C13H26N2O4S/c1-4-19-13(16)10-20(17,18)15(11(2)3)9-12-7-5-6-8-14-12/h11-12,14H,4-10H2,1-3H3. The van der Waals surface area contributed by atoms with Gasteiger partial charge in [-0.05, 0) is 40.2 Å². The second-order valence-electron chi connectivity index (χ2n) is 5.37. The van der Waals surface area contributed by atoms with E-state index in [1.54, 1.807) is 6.92 Å². The molecule has 0 aliphatic carbocycles. The van der Waals surface area contributed by atoms with E-state index < -0.39 is 21.7 Å². The third-order valence-electron chi connectivity index (χ3n) is 3.35. The summed E-state index contributed by atoms with van der Waals surface area (Å²) >= 11 is 0. The molecule has 20 heavy (non-hydrogen) atoms. The summed E-state index contributed by atoms with van der Waals surface area (Å²) < 4.78 is 30.8. The SMILES string of the molecule is CCOC(=O)CS(=O)(=O)N(CC1CCCCN1)C(C)C. The Balaban J connectivity index is 2.70. The molecule has 0 bridgehead atoms. The fourth-order valence-corrected chi connectivity index (χ4v) is 3.97. The average molecular weight is 306 g/mol. The largest absolute Gasteiger partial charge is 0.465 e. The predicted octanol–water partition coefficient (Wildman–Crippen LogP) is 0.732. The van der Waals surface area contributed by atoms with Crippen LogP contribution in [0.3, 0.4) is 0 Å². The van der Waals surface area contributed by atoms with E-state index >= 15 is 0 Å². The summed E-state index contributed by atoms with van der Waals surface area (Å²) in [6, 6.07) is 0.00118. The highest BCUT2D eigenvalue weighted by atomic mass is 32.2. The Kier molecular flexibility index (Phi) is 6.91. The molecule has 1 saturated heterocycles. The second-order valence-corrected chi connectivity index (χ2v) is 7.29. The molecule has 6 nitrogen and oxygen atoms in total. The Morgan fingerprint density at radius 1 is 1.40 bits per heavy atom. The summed E-state index contributed by atoms with van der Waals surface area (Å²) in [6.45, 7) is 6.85. The van der Waals surface area contributed by atoms with E-state index in [9.17, 15) is 13.2 Å². The zero-order chi connectivity index (χ0) is 15.2. The predicted molar refractivity (Wildman–Crippen MR) is 77.9 cm³/mol. The highest BCUT2D eigenvalue weighted by Crippen LogP contribution is 2.14. The van der Waals surface area contributed by atoms with Crippen LogP contribution in [0.5, 0.6) is 0 Å². The topological polar surface area (TPSA) is 75.7 Å². The zero-order valence-electron chi connectivity index (χ0n) is 12.6. The van der Waals surface area contributed by atoms with Crippen LogP contribution in [0.2, 0.25) is 0 Å². The van der Waals surface area contributed by atoms with Gasteiger partial charge in [0.25, 0.3) is 0 Å². The molecule has 0 aromatic carbocycles. The van der Waals surface area contributed by atoms with E-state index in [1.165, 1.54) is 4.31 Å². The van der Waals surface area contributed by atoms with Crippen molar-refractivity contribution in [2.45, 2.75) is 52.1 Å². The molecule has 7 heteroatoms. The van der Waals surface area contributed by atoms with Crippen molar-refractivity contribution >= 4 is 16.0 Å². The van der Waals surface area contributed by atoms with Crippen molar-refractivity contribution < 1.29 is 17.9 Å².